The van der Waals surface area contributed by atoms with Crippen LogP contribution < -0.4 is 0 Å². The summed E-state index contributed by atoms with van der Waals surface area (Å²) in [6.07, 6.45) is 0. The van der Waals surface area contributed by atoms with Crippen LogP contribution in [0, 0.1) is 0 Å². The molecule has 0 nitrogen and oxygen atoms in total. The van der Waals surface area contributed by atoms with Gasteiger partial charge in [-0.15, -0.1) is 0 Å². The number of hydrogen-bond acceptors (Lipinski definition) is 0. The molecule has 0 heterocycles. The molecule has 0 atom stereocenters. The molecule has 0 radical (unpaired) electrons. The minimum Gasteiger partial charge on any atom is -0.0622 e. The van der Waals surface area contributed by atoms with Crippen LogP contribution in [0.25, 0.3) is 55.3 Å². The Morgan fingerprint density at radius 2 is 0.607 bits per heavy atom. The van der Waals surface area contributed by atoms with Crippen molar-refractivity contribution in [3.05, 3.63) is 109 Å². The fourth-order valence-electron chi connectivity index (χ4n) is 4.61. The van der Waals surface area contributed by atoms with E-state index in [0.29, 0.717) is 0 Å². The normalized spacial score (nSPS) is 11.6. The van der Waals surface area contributed by atoms with Crippen LogP contribution in [0.15, 0.2) is 109 Å². The number of benzene rings is 5. The first-order valence-electron chi connectivity index (χ1n) is 9.72. The highest BCUT2D eigenvalue weighted by Crippen LogP contribution is 2.51. The van der Waals surface area contributed by atoms with Crippen molar-refractivity contribution < 1.29 is 0 Å². The van der Waals surface area contributed by atoms with Crippen molar-refractivity contribution in [3.63, 3.8) is 0 Å². The van der Waals surface area contributed by atoms with Crippen molar-refractivity contribution in [2.45, 2.75) is 0 Å². The molecule has 130 valence electrons. The second-order valence-electron chi connectivity index (χ2n) is 7.35. The zero-order valence-corrected chi connectivity index (χ0v) is 15.4. The monoisotopic (exact) mass is 354 g/mol. The SMILES string of the molecule is c1ccc(-c2ccc3c4c(ccc(-c5ccccc5)c24)-c2ccccc2-3)cc1. The molecule has 0 amide bonds. The summed E-state index contributed by atoms with van der Waals surface area (Å²) in [7, 11) is 0. The Bertz CT molecular complexity index is 1230. The standard InChI is InChI=1S/C28H18/c1-3-9-19(10-4-1)21-15-17-25-23-13-7-8-14-24(23)26-18-16-22(27(21)28(25)26)20-11-5-2-6-12-20/h1-18H. The molecule has 5 aromatic rings. The third-order valence-electron chi connectivity index (χ3n) is 5.84. The fourth-order valence-corrected chi connectivity index (χ4v) is 4.61. The first kappa shape index (κ1) is 15.4. The molecule has 0 unspecified atom stereocenters. The summed E-state index contributed by atoms with van der Waals surface area (Å²) in [5.41, 5.74) is 10.5. The Morgan fingerprint density at radius 1 is 0.250 bits per heavy atom. The lowest BCUT2D eigenvalue weighted by molar-refractivity contribution is 1.63. The molecule has 0 heteroatoms. The van der Waals surface area contributed by atoms with E-state index in [1.807, 2.05) is 0 Å². The molecule has 0 spiro atoms. The van der Waals surface area contributed by atoms with Gasteiger partial charge in [-0.05, 0) is 55.3 Å². The number of fused-ring (bicyclic) bond motifs is 3. The molecule has 6 rings (SSSR count). The summed E-state index contributed by atoms with van der Waals surface area (Å²) >= 11 is 0. The second kappa shape index (κ2) is 5.94. The average Bonchev–Trinajstić information content (AvgIpc) is 3.11. The predicted molar refractivity (Wildman–Crippen MR) is 119 cm³/mol. The molecule has 0 aromatic heterocycles. The van der Waals surface area contributed by atoms with Crippen LogP contribution in [0.4, 0.5) is 0 Å². The Balaban J connectivity index is 1.79. The van der Waals surface area contributed by atoms with E-state index in [4.69, 9.17) is 0 Å². The molecular formula is C28H18. The van der Waals surface area contributed by atoms with E-state index in [-0.39, 0.29) is 0 Å². The number of rotatable bonds is 2. The summed E-state index contributed by atoms with van der Waals surface area (Å²) in [6, 6.07) is 39.4. The van der Waals surface area contributed by atoms with Gasteiger partial charge in [-0.2, -0.15) is 0 Å². The van der Waals surface area contributed by atoms with Gasteiger partial charge < -0.3 is 0 Å². The average molecular weight is 354 g/mol. The van der Waals surface area contributed by atoms with Crippen molar-refractivity contribution in [2.75, 3.05) is 0 Å². The van der Waals surface area contributed by atoms with Gasteiger partial charge in [0.2, 0.25) is 0 Å². The lowest BCUT2D eigenvalue weighted by atomic mass is 9.88. The van der Waals surface area contributed by atoms with Crippen LogP contribution >= 0.6 is 0 Å². The van der Waals surface area contributed by atoms with Crippen LogP contribution in [0.5, 0.6) is 0 Å². The van der Waals surface area contributed by atoms with Crippen LogP contribution in [-0.2, 0) is 0 Å². The maximum atomic E-state index is 2.30. The lowest BCUT2D eigenvalue weighted by Gasteiger charge is -2.15. The molecule has 0 N–H and O–H groups in total. The molecule has 0 aliphatic heterocycles. The van der Waals surface area contributed by atoms with Crippen molar-refractivity contribution in [3.8, 4) is 44.5 Å². The van der Waals surface area contributed by atoms with E-state index in [9.17, 15) is 0 Å². The summed E-state index contributed by atoms with van der Waals surface area (Å²) in [5.74, 6) is 0. The van der Waals surface area contributed by atoms with Gasteiger partial charge in [-0.25, -0.2) is 0 Å². The van der Waals surface area contributed by atoms with Crippen molar-refractivity contribution >= 4 is 10.8 Å². The molecule has 0 bridgehead atoms. The van der Waals surface area contributed by atoms with E-state index in [2.05, 4.69) is 109 Å². The van der Waals surface area contributed by atoms with Crippen molar-refractivity contribution in [2.24, 2.45) is 0 Å². The first-order chi connectivity index (χ1) is 13.9. The summed E-state index contributed by atoms with van der Waals surface area (Å²) in [4.78, 5) is 0. The highest BCUT2D eigenvalue weighted by atomic mass is 14.3. The van der Waals surface area contributed by atoms with Gasteiger partial charge in [0.25, 0.3) is 0 Å². The van der Waals surface area contributed by atoms with Crippen LogP contribution in [0.2, 0.25) is 0 Å². The highest BCUT2D eigenvalue weighted by Gasteiger charge is 2.24. The molecule has 0 fully saturated rings. The molecule has 0 saturated heterocycles. The summed E-state index contributed by atoms with van der Waals surface area (Å²) in [6.45, 7) is 0. The summed E-state index contributed by atoms with van der Waals surface area (Å²) in [5, 5.41) is 2.73. The lowest BCUT2D eigenvalue weighted by Crippen LogP contribution is -1.88. The number of hydrogen-bond donors (Lipinski definition) is 0. The Morgan fingerprint density at radius 3 is 1.07 bits per heavy atom. The molecule has 1 aliphatic rings. The van der Waals surface area contributed by atoms with Gasteiger partial charge in [0.15, 0.2) is 0 Å². The fraction of sp³-hybridized carbons (Fsp3) is 0. The Hall–Kier alpha value is -3.64. The highest BCUT2D eigenvalue weighted by molar-refractivity contribution is 6.22. The minimum atomic E-state index is 1.26. The first-order valence-corrected chi connectivity index (χ1v) is 9.72. The van der Waals surface area contributed by atoms with Gasteiger partial charge in [-0.3, -0.25) is 0 Å². The molecular weight excluding hydrogens is 336 g/mol. The second-order valence-corrected chi connectivity index (χ2v) is 7.35. The maximum Gasteiger partial charge on any atom is -0.00139 e. The quantitative estimate of drug-likeness (QED) is 0.297. The molecule has 28 heavy (non-hydrogen) atoms. The van der Waals surface area contributed by atoms with E-state index in [1.165, 1.54) is 55.3 Å². The zero-order chi connectivity index (χ0) is 18.5. The van der Waals surface area contributed by atoms with E-state index in [1.54, 1.807) is 0 Å². The van der Waals surface area contributed by atoms with E-state index in [0.717, 1.165) is 0 Å². The Labute approximate surface area is 164 Å². The van der Waals surface area contributed by atoms with E-state index >= 15 is 0 Å². The van der Waals surface area contributed by atoms with E-state index < -0.39 is 0 Å². The van der Waals surface area contributed by atoms with Gasteiger partial charge in [0.1, 0.15) is 0 Å². The Kier molecular flexibility index (Phi) is 3.27. The van der Waals surface area contributed by atoms with Gasteiger partial charge in [0, 0.05) is 0 Å². The van der Waals surface area contributed by atoms with Crippen LogP contribution in [0.1, 0.15) is 0 Å². The minimum absolute atomic E-state index is 1.26. The predicted octanol–water partition coefficient (Wildman–Crippen LogP) is 7.82. The van der Waals surface area contributed by atoms with Gasteiger partial charge in [0.05, 0.1) is 0 Å². The van der Waals surface area contributed by atoms with Gasteiger partial charge in [-0.1, -0.05) is 109 Å². The van der Waals surface area contributed by atoms with Gasteiger partial charge >= 0.3 is 0 Å². The topological polar surface area (TPSA) is 0 Å². The molecule has 0 saturated carbocycles. The largest absolute Gasteiger partial charge is 0.0622 e. The van der Waals surface area contributed by atoms with Crippen LogP contribution in [0.3, 0.4) is 0 Å². The maximum absolute atomic E-state index is 2.30. The smallest absolute Gasteiger partial charge is 0.00139 e. The van der Waals surface area contributed by atoms with Crippen molar-refractivity contribution in [1.29, 1.82) is 0 Å². The third-order valence-corrected chi connectivity index (χ3v) is 5.84. The summed E-state index contributed by atoms with van der Waals surface area (Å²) < 4.78 is 0. The zero-order valence-electron chi connectivity index (χ0n) is 15.4. The van der Waals surface area contributed by atoms with Crippen LogP contribution in [-0.4, -0.2) is 0 Å². The third kappa shape index (κ3) is 2.12. The molecule has 1 aliphatic carbocycles. The van der Waals surface area contributed by atoms with Crippen molar-refractivity contribution in [1.82, 2.24) is 0 Å². The molecule has 5 aromatic carbocycles.